The highest BCUT2D eigenvalue weighted by Crippen LogP contribution is 2.23. The van der Waals surface area contributed by atoms with Crippen molar-refractivity contribution in [2.75, 3.05) is 0 Å². The first kappa shape index (κ1) is 22.9. The Bertz CT molecular complexity index is 948. The molecule has 1 atom stereocenters. The zero-order valence-electron chi connectivity index (χ0n) is 17.2. The Labute approximate surface area is 174 Å². The van der Waals surface area contributed by atoms with Crippen molar-refractivity contribution < 1.29 is 29.0 Å². The van der Waals surface area contributed by atoms with Crippen LogP contribution in [-0.4, -0.2) is 41.0 Å². The number of benzene rings is 2. The third kappa shape index (κ3) is 6.30. The summed E-state index contributed by atoms with van der Waals surface area (Å²) < 4.78 is 5.24. The maximum absolute atomic E-state index is 12.7. The van der Waals surface area contributed by atoms with E-state index in [0.29, 0.717) is 17.2 Å². The van der Waals surface area contributed by atoms with Crippen LogP contribution in [0, 0.1) is 0 Å². The average Bonchev–Trinajstić information content (AvgIpc) is 2.67. The summed E-state index contributed by atoms with van der Waals surface area (Å²) in [5, 5.41) is 15.8. The summed E-state index contributed by atoms with van der Waals surface area (Å²) in [5.74, 6) is -1.75. The van der Waals surface area contributed by atoms with E-state index in [2.05, 4.69) is 10.6 Å². The van der Waals surface area contributed by atoms with E-state index in [-0.39, 0.29) is 19.4 Å². The molecule has 0 saturated heterocycles. The third-order valence-corrected chi connectivity index (χ3v) is 4.26. The number of carbonyl (C=O) groups excluding carboxylic acids is 3. The number of aldehydes is 1. The summed E-state index contributed by atoms with van der Waals surface area (Å²) in [6.07, 6.45) is 0.116. The third-order valence-electron chi connectivity index (χ3n) is 4.26. The molecule has 2 aromatic carbocycles. The van der Waals surface area contributed by atoms with Gasteiger partial charge in [-0.1, -0.05) is 30.3 Å². The van der Waals surface area contributed by atoms with E-state index in [4.69, 9.17) is 4.74 Å². The molecule has 0 aliphatic carbocycles. The van der Waals surface area contributed by atoms with Crippen molar-refractivity contribution in [3.8, 4) is 0 Å². The van der Waals surface area contributed by atoms with Gasteiger partial charge in [0.1, 0.15) is 17.9 Å². The Hall–Kier alpha value is -3.42. The predicted octanol–water partition coefficient (Wildman–Crippen LogP) is 3.03. The van der Waals surface area contributed by atoms with Gasteiger partial charge in [0.05, 0.1) is 0 Å². The fourth-order valence-corrected chi connectivity index (χ4v) is 2.92. The number of rotatable bonds is 8. The van der Waals surface area contributed by atoms with Gasteiger partial charge in [-0.25, -0.2) is 9.59 Å². The first-order valence-corrected chi connectivity index (χ1v) is 9.57. The smallest absolute Gasteiger partial charge is 0.407 e. The molecule has 8 nitrogen and oxygen atoms in total. The van der Waals surface area contributed by atoms with Crippen LogP contribution >= 0.6 is 0 Å². The first-order valence-electron chi connectivity index (χ1n) is 9.57. The van der Waals surface area contributed by atoms with Crippen molar-refractivity contribution in [2.45, 2.75) is 51.8 Å². The molecule has 2 aromatic rings. The number of carboxylic acid groups (broad SMARTS) is 1. The lowest BCUT2D eigenvalue weighted by molar-refractivity contribution is -0.139. The second-order valence-electron chi connectivity index (χ2n) is 7.78. The molecule has 0 unspecified atom stereocenters. The fourth-order valence-electron chi connectivity index (χ4n) is 2.92. The summed E-state index contributed by atoms with van der Waals surface area (Å²) in [7, 11) is 0. The van der Waals surface area contributed by atoms with Crippen LogP contribution in [0.15, 0.2) is 36.4 Å². The maximum atomic E-state index is 12.7. The molecular weight excluding hydrogens is 388 g/mol. The molecule has 0 aliphatic heterocycles. The number of fused-ring (bicyclic) bond motifs is 1. The van der Waals surface area contributed by atoms with Crippen molar-refractivity contribution in [3.63, 3.8) is 0 Å². The summed E-state index contributed by atoms with van der Waals surface area (Å²) in [6, 6.07) is 9.28. The van der Waals surface area contributed by atoms with Gasteiger partial charge < -0.3 is 25.3 Å². The van der Waals surface area contributed by atoms with Gasteiger partial charge in [0.25, 0.3) is 5.91 Å². The molecule has 0 fully saturated rings. The molecule has 8 heteroatoms. The number of amides is 2. The SMILES string of the molecule is CC(C)(C)OC(=O)NCc1ccc(C(=O)N[C@@H](CCC=O)C(=O)O)c2ccccc12. The summed E-state index contributed by atoms with van der Waals surface area (Å²) in [5.41, 5.74) is 0.478. The molecular formula is C22H26N2O6. The number of alkyl carbamates (subject to hydrolysis) is 1. The lowest BCUT2D eigenvalue weighted by atomic mass is 9.98. The van der Waals surface area contributed by atoms with Gasteiger partial charge in [0, 0.05) is 18.5 Å². The van der Waals surface area contributed by atoms with E-state index in [0.717, 1.165) is 10.9 Å². The van der Waals surface area contributed by atoms with E-state index in [9.17, 15) is 24.3 Å². The Morgan fingerprint density at radius 3 is 2.37 bits per heavy atom. The topological polar surface area (TPSA) is 122 Å². The minimum Gasteiger partial charge on any atom is -0.480 e. The van der Waals surface area contributed by atoms with Crippen LogP contribution in [0.1, 0.15) is 49.5 Å². The van der Waals surface area contributed by atoms with Crippen LogP contribution in [-0.2, 0) is 20.9 Å². The Morgan fingerprint density at radius 1 is 1.10 bits per heavy atom. The molecule has 2 amide bonds. The summed E-state index contributed by atoms with van der Waals surface area (Å²) >= 11 is 0. The normalized spacial score (nSPS) is 12.1. The standard InChI is InChI=1S/C22H26N2O6/c1-22(2,3)30-21(29)23-13-14-10-11-17(16-8-5-4-7-15(14)16)19(26)24-18(20(27)28)9-6-12-25/h4-5,7-8,10-12,18H,6,9,13H2,1-3H3,(H,23,29)(H,24,26)(H,27,28)/t18-/m0/s1. The molecule has 0 aromatic heterocycles. The van der Waals surface area contributed by atoms with E-state index < -0.39 is 29.6 Å². The minimum absolute atomic E-state index is 0.0143. The van der Waals surface area contributed by atoms with Crippen LogP contribution in [0.4, 0.5) is 4.79 Å². The molecule has 0 spiro atoms. The van der Waals surface area contributed by atoms with Crippen LogP contribution in [0.5, 0.6) is 0 Å². The van der Waals surface area contributed by atoms with E-state index in [1.807, 2.05) is 12.1 Å². The van der Waals surface area contributed by atoms with Crippen LogP contribution in [0.25, 0.3) is 10.8 Å². The lowest BCUT2D eigenvalue weighted by Gasteiger charge is -2.20. The Balaban J connectivity index is 2.24. The van der Waals surface area contributed by atoms with Gasteiger partial charge >= 0.3 is 12.1 Å². The Morgan fingerprint density at radius 2 is 1.77 bits per heavy atom. The van der Waals surface area contributed by atoms with Gasteiger partial charge in [-0.05, 0) is 49.6 Å². The highest BCUT2D eigenvalue weighted by molar-refractivity contribution is 6.08. The molecule has 30 heavy (non-hydrogen) atoms. The minimum atomic E-state index is -1.20. The van der Waals surface area contributed by atoms with Crippen LogP contribution in [0.2, 0.25) is 0 Å². The van der Waals surface area contributed by atoms with Gasteiger partial charge in [-0.2, -0.15) is 0 Å². The number of carbonyl (C=O) groups is 4. The van der Waals surface area contributed by atoms with E-state index >= 15 is 0 Å². The van der Waals surface area contributed by atoms with Crippen LogP contribution in [0.3, 0.4) is 0 Å². The molecule has 0 saturated carbocycles. The zero-order chi connectivity index (χ0) is 22.3. The van der Waals surface area contributed by atoms with Gasteiger partial charge in [0.2, 0.25) is 0 Å². The predicted molar refractivity (Wildman–Crippen MR) is 111 cm³/mol. The maximum Gasteiger partial charge on any atom is 0.407 e. The second kappa shape index (κ2) is 9.87. The lowest BCUT2D eigenvalue weighted by Crippen LogP contribution is -2.40. The van der Waals surface area contributed by atoms with Gasteiger partial charge in [-0.3, -0.25) is 4.79 Å². The molecule has 160 valence electrons. The molecule has 0 bridgehead atoms. The van der Waals surface area contributed by atoms with E-state index in [1.165, 1.54) is 0 Å². The number of hydrogen-bond acceptors (Lipinski definition) is 5. The van der Waals surface area contributed by atoms with Crippen molar-refractivity contribution in [3.05, 3.63) is 47.5 Å². The molecule has 0 heterocycles. The average molecular weight is 414 g/mol. The molecule has 0 aliphatic rings. The highest BCUT2D eigenvalue weighted by Gasteiger charge is 2.22. The monoisotopic (exact) mass is 414 g/mol. The van der Waals surface area contributed by atoms with Gasteiger partial charge in [-0.15, -0.1) is 0 Å². The number of carboxylic acids is 1. The van der Waals surface area contributed by atoms with Crippen molar-refractivity contribution in [1.82, 2.24) is 10.6 Å². The van der Waals surface area contributed by atoms with Gasteiger partial charge in [0.15, 0.2) is 0 Å². The zero-order valence-corrected chi connectivity index (χ0v) is 17.2. The first-order chi connectivity index (χ1) is 14.1. The second-order valence-corrected chi connectivity index (χ2v) is 7.78. The van der Waals surface area contributed by atoms with E-state index in [1.54, 1.807) is 45.0 Å². The Kier molecular flexibility index (Phi) is 7.52. The summed E-state index contributed by atoms with van der Waals surface area (Å²) in [4.78, 5) is 46.6. The number of ether oxygens (including phenoxy) is 1. The van der Waals surface area contributed by atoms with Crippen molar-refractivity contribution in [1.29, 1.82) is 0 Å². The largest absolute Gasteiger partial charge is 0.480 e. The van der Waals surface area contributed by atoms with Crippen LogP contribution < -0.4 is 10.6 Å². The summed E-state index contributed by atoms with van der Waals surface area (Å²) in [6.45, 7) is 5.52. The molecule has 3 N–H and O–H groups in total. The number of hydrogen-bond donors (Lipinski definition) is 3. The van der Waals surface area contributed by atoms with Crippen molar-refractivity contribution >= 4 is 35.0 Å². The van der Waals surface area contributed by atoms with Crippen molar-refractivity contribution in [2.24, 2.45) is 0 Å². The quantitative estimate of drug-likeness (QED) is 0.571. The number of aliphatic carboxylic acids is 1. The molecule has 0 radical (unpaired) electrons. The number of nitrogens with one attached hydrogen (secondary N) is 2. The highest BCUT2D eigenvalue weighted by atomic mass is 16.6. The molecule has 2 rings (SSSR count). The fraction of sp³-hybridized carbons (Fsp3) is 0.364.